The van der Waals surface area contributed by atoms with Crippen LogP contribution in [0.25, 0.3) is 0 Å². The summed E-state index contributed by atoms with van der Waals surface area (Å²) in [6.45, 7) is 3.83. The molecule has 1 amide bonds. The molecule has 0 aromatic carbocycles. The fourth-order valence-electron chi connectivity index (χ4n) is 0.672. The molecule has 1 fully saturated rings. The molecule has 0 bridgehead atoms. The first-order valence-corrected chi connectivity index (χ1v) is 3.83. The van der Waals surface area contributed by atoms with Crippen molar-refractivity contribution in [3.63, 3.8) is 0 Å². The lowest BCUT2D eigenvalue weighted by atomic mass is 10.3. The molecule has 0 spiro atoms. The monoisotopic (exact) mass is 158 g/mol. The van der Waals surface area contributed by atoms with Gasteiger partial charge in [-0.05, 0) is 26.7 Å². The van der Waals surface area contributed by atoms with Crippen molar-refractivity contribution in [1.29, 1.82) is 0 Å². The van der Waals surface area contributed by atoms with Gasteiger partial charge >= 0.3 is 0 Å². The van der Waals surface area contributed by atoms with Crippen LogP contribution < -0.4 is 10.9 Å². The van der Waals surface area contributed by atoms with E-state index in [1.54, 1.807) is 0 Å². The van der Waals surface area contributed by atoms with Crippen molar-refractivity contribution in [2.24, 2.45) is 0 Å². The summed E-state index contributed by atoms with van der Waals surface area (Å²) < 4.78 is 0. The molecule has 0 radical (unpaired) electrons. The van der Waals surface area contributed by atoms with Crippen LogP contribution in [0.5, 0.6) is 0 Å². The first kappa shape index (κ1) is 8.49. The van der Waals surface area contributed by atoms with Crippen molar-refractivity contribution in [2.75, 3.05) is 0 Å². The Bertz CT molecular complexity index is 164. The summed E-state index contributed by atoms with van der Waals surface area (Å²) in [5.74, 6) is -0.314. The smallest absolute Gasteiger partial charge is 0.266 e. The molecule has 11 heavy (non-hydrogen) atoms. The van der Waals surface area contributed by atoms with Gasteiger partial charge in [-0.15, -0.1) is 0 Å². The molecule has 1 aliphatic rings. The number of hydrogen-bond donors (Lipinski definition) is 3. The fraction of sp³-hybridized carbons (Fsp3) is 0.857. The maximum absolute atomic E-state index is 11.0. The van der Waals surface area contributed by atoms with E-state index in [4.69, 9.17) is 0 Å². The van der Waals surface area contributed by atoms with Gasteiger partial charge in [-0.1, -0.05) is 0 Å². The number of hydrazine groups is 1. The molecule has 1 rings (SSSR count). The first-order valence-electron chi connectivity index (χ1n) is 3.83. The number of carbonyl (C=O) groups excluding carboxylic acids is 1. The van der Waals surface area contributed by atoms with E-state index in [-0.39, 0.29) is 11.9 Å². The van der Waals surface area contributed by atoms with Gasteiger partial charge in [-0.25, -0.2) is 5.43 Å². The Morgan fingerprint density at radius 1 is 1.55 bits per heavy atom. The van der Waals surface area contributed by atoms with E-state index in [1.807, 2.05) is 13.8 Å². The largest absolute Gasteiger partial charge is 0.380 e. The topological polar surface area (TPSA) is 61.4 Å². The summed E-state index contributed by atoms with van der Waals surface area (Å²) in [6.07, 6.45) is 1.16. The maximum atomic E-state index is 11.0. The molecule has 4 heteroatoms. The van der Waals surface area contributed by atoms with E-state index in [0.717, 1.165) is 0 Å². The van der Waals surface area contributed by atoms with Crippen molar-refractivity contribution >= 4 is 5.91 Å². The molecule has 0 aliphatic heterocycles. The van der Waals surface area contributed by atoms with Crippen molar-refractivity contribution in [3.05, 3.63) is 0 Å². The second kappa shape index (κ2) is 2.79. The van der Waals surface area contributed by atoms with Gasteiger partial charge in [0.2, 0.25) is 0 Å². The molecule has 0 aromatic rings. The Hall–Kier alpha value is -0.610. The second-order valence-corrected chi connectivity index (χ2v) is 3.28. The molecule has 4 nitrogen and oxygen atoms in total. The summed E-state index contributed by atoms with van der Waals surface area (Å²) in [5.41, 5.74) is 4.11. The third kappa shape index (κ3) is 2.17. The zero-order valence-electron chi connectivity index (χ0n) is 6.85. The van der Waals surface area contributed by atoms with Gasteiger partial charge in [0.1, 0.15) is 5.60 Å². The molecule has 1 saturated carbocycles. The predicted molar refractivity (Wildman–Crippen MR) is 40.6 cm³/mol. The van der Waals surface area contributed by atoms with Crippen LogP contribution in [0.2, 0.25) is 0 Å². The molecule has 0 saturated heterocycles. The zero-order chi connectivity index (χ0) is 8.48. The van der Waals surface area contributed by atoms with E-state index in [1.165, 1.54) is 0 Å². The van der Waals surface area contributed by atoms with Crippen molar-refractivity contribution in [1.82, 2.24) is 10.9 Å². The maximum Gasteiger partial charge on any atom is 0.266 e. The molecule has 1 aliphatic carbocycles. The highest BCUT2D eigenvalue weighted by molar-refractivity contribution is 5.87. The summed E-state index contributed by atoms with van der Waals surface area (Å²) in [6, 6.07) is 0.196. The third-order valence-corrected chi connectivity index (χ3v) is 1.62. The van der Waals surface area contributed by atoms with E-state index < -0.39 is 5.60 Å². The van der Waals surface area contributed by atoms with Gasteiger partial charge in [-0.2, -0.15) is 0 Å². The lowest BCUT2D eigenvalue weighted by Crippen LogP contribution is -2.47. The van der Waals surface area contributed by atoms with Crippen molar-refractivity contribution < 1.29 is 9.90 Å². The Labute approximate surface area is 65.9 Å². The van der Waals surface area contributed by atoms with Gasteiger partial charge in [0, 0.05) is 6.04 Å². The first-order chi connectivity index (χ1) is 5.04. The zero-order valence-corrected chi connectivity index (χ0v) is 6.85. The minimum atomic E-state index is -1.07. The van der Waals surface area contributed by atoms with Gasteiger partial charge < -0.3 is 5.11 Å². The Kier molecular flexibility index (Phi) is 2.15. The predicted octanol–water partition coefficient (Wildman–Crippen LogP) is -0.460. The third-order valence-electron chi connectivity index (χ3n) is 1.62. The van der Waals surface area contributed by atoms with Crippen molar-refractivity contribution in [3.8, 4) is 0 Å². The Morgan fingerprint density at radius 3 is 2.45 bits per heavy atom. The van der Waals surface area contributed by atoms with Crippen LogP contribution in [-0.4, -0.2) is 22.7 Å². The van der Waals surface area contributed by atoms with Crippen LogP contribution in [-0.2, 0) is 4.79 Å². The number of aliphatic hydroxyl groups is 1. The number of carbonyl (C=O) groups is 1. The molecule has 0 heterocycles. The van der Waals surface area contributed by atoms with Crippen LogP contribution in [0.15, 0.2) is 0 Å². The molecule has 0 atom stereocenters. The summed E-state index contributed by atoms with van der Waals surface area (Å²) in [7, 11) is 0. The standard InChI is InChI=1S/C7H14N2O2/c1-5(2)8-9-6(10)7(11)3-4-7/h5,8,11H,3-4H2,1-2H3,(H,9,10). The van der Waals surface area contributed by atoms with Gasteiger partial charge in [0.25, 0.3) is 5.91 Å². The highest BCUT2D eigenvalue weighted by Crippen LogP contribution is 2.34. The van der Waals surface area contributed by atoms with E-state index >= 15 is 0 Å². The van der Waals surface area contributed by atoms with Gasteiger partial charge in [0.05, 0.1) is 0 Å². The molecular formula is C7H14N2O2. The SMILES string of the molecule is CC(C)NNC(=O)C1(O)CC1. The normalized spacial score (nSPS) is 20.0. The van der Waals surface area contributed by atoms with Crippen LogP contribution in [0, 0.1) is 0 Å². The lowest BCUT2D eigenvalue weighted by Gasteiger charge is -2.12. The van der Waals surface area contributed by atoms with Gasteiger partial charge in [-0.3, -0.25) is 10.2 Å². The quantitative estimate of drug-likeness (QED) is 0.487. The molecule has 64 valence electrons. The van der Waals surface area contributed by atoms with Crippen LogP contribution in [0.1, 0.15) is 26.7 Å². The summed E-state index contributed by atoms with van der Waals surface area (Å²) in [5, 5.41) is 9.26. The highest BCUT2D eigenvalue weighted by Gasteiger charge is 2.48. The highest BCUT2D eigenvalue weighted by atomic mass is 16.3. The van der Waals surface area contributed by atoms with Gasteiger partial charge in [0.15, 0.2) is 0 Å². The second-order valence-electron chi connectivity index (χ2n) is 3.28. The number of amides is 1. The number of rotatable bonds is 3. The Balaban J connectivity index is 2.22. The van der Waals surface area contributed by atoms with Crippen LogP contribution in [0.3, 0.4) is 0 Å². The summed E-state index contributed by atoms with van der Waals surface area (Å²) in [4.78, 5) is 11.0. The van der Waals surface area contributed by atoms with Crippen LogP contribution in [0.4, 0.5) is 0 Å². The average molecular weight is 158 g/mol. The van der Waals surface area contributed by atoms with Crippen LogP contribution >= 0.6 is 0 Å². The van der Waals surface area contributed by atoms with Crippen molar-refractivity contribution in [2.45, 2.75) is 38.3 Å². The minimum Gasteiger partial charge on any atom is -0.380 e. The van der Waals surface area contributed by atoms with E-state index in [0.29, 0.717) is 12.8 Å². The molecule has 0 aromatic heterocycles. The number of hydrogen-bond acceptors (Lipinski definition) is 3. The van der Waals surface area contributed by atoms with E-state index in [2.05, 4.69) is 10.9 Å². The minimum absolute atomic E-state index is 0.196. The average Bonchev–Trinajstić information content (AvgIpc) is 2.64. The fourth-order valence-corrected chi connectivity index (χ4v) is 0.672. The molecule has 3 N–H and O–H groups in total. The molecular weight excluding hydrogens is 144 g/mol. The van der Waals surface area contributed by atoms with E-state index in [9.17, 15) is 9.90 Å². The number of nitrogens with one attached hydrogen (secondary N) is 2. The summed E-state index contributed by atoms with van der Waals surface area (Å²) >= 11 is 0. The Morgan fingerprint density at radius 2 is 2.09 bits per heavy atom. The lowest BCUT2D eigenvalue weighted by molar-refractivity contribution is -0.132. The molecule has 0 unspecified atom stereocenters.